The van der Waals surface area contributed by atoms with E-state index in [4.69, 9.17) is 19.2 Å². The minimum absolute atomic E-state index is 0.215. The summed E-state index contributed by atoms with van der Waals surface area (Å²) in [6, 6.07) is 12.1. The molecule has 1 aliphatic rings. The summed E-state index contributed by atoms with van der Waals surface area (Å²) >= 11 is 0. The van der Waals surface area contributed by atoms with Crippen molar-refractivity contribution in [2.45, 2.75) is 20.4 Å². The fourth-order valence-electron chi connectivity index (χ4n) is 3.58. The van der Waals surface area contributed by atoms with Crippen molar-refractivity contribution >= 4 is 11.2 Å². The van der Waals surface area contributed by atoms with Gasteiger partial charge in [-0.2, -0.15) is 5.10 Å². The van der Waals surface area contributed by atoms with E-state index in [9.17, 15) is 0 Å². The third-order valence-corrected chi connectivity index (χ3v) is 4.93. The molecule has 3 heterocycles. The van der Waals surface area contributed by atoms with Gasteiger partial charge in [-0.05, 0) is 25.5 Å². The van der Waals surface area contributed by atoms with Crippen LogP contribution < -0.4 is 14.2 Å². The van der Waals surface area contributed by atoms with Crippen LogP contribution in [-0.4, -0.2) is 33.7 Å². The Morgan fingerprint density at radius 1 is 1.14 bits per heavy atom. The number of hydrogen-bond acceptors (Lipinski definition) is 5. The Kier molecular flexibility index (Phi) is 3.75. The molecular formula is C21H20N4O3. The number of benzene rings is 2. The van der Waals surface area contributed by atoms with Crippen LogP contribution in [0.15, 0.2) is 36.4 Å². The fraction of sp³-hybridized carbons (Fsp3) is 0.238. The van der Waals surface area contributed by atoms with Gasteiger partial charge < -0.3 is 19.2 Å². The van der Waals surface area contributed by atoms with Gasteiger partial charge in [0.2, 0.25) is 6.79 Å². The number of H-pyrrole nitrogens is 1. The number of aromatic amines is 1. The highest BCUT2D eigenvalue weighted by atomic mass is 16.7. The van der Waals surface area contributed by atoms with Gasteiger partial charge in [0.15, 0.2) is 17.1 Å². The molecule has 0 aliphatic carbocycles. The van der Waals surface area contributed by atoms with E-state index in [1.807, 2.05) is 23.7 Å². The normalized spacial score (nSPS) is 12.7. The van der Waals surface area contributed by atoms with Crippen molar-refractivity contribution in [3.63, 3.8) is 0 Å². The van der Waals surface area contributed by atoms with Crippen LogP contribution >= 0.6 is 0 Å². The van der Waals surface area contributed by atoms with E-state index < -0.39 is 0 Å². The van der Waals surface area contributed by atoms with Gasteiger partial charge in [-0.3, -0.25) is 0 Å². The first-order valence-electron chi connectivity index (χ1n) is 9.09. The summed E-state index contributed by atoms with van der Waals surface area (Å²) in [6.07, 6.45) is 0. The predicted molar refractivity (Wildman–Crippen MR) is 105 cm³/mol. The third kappa shape index (κ3) is 2.67. The molecule has 4 aromatic rings. The Morgan fingerprint density at radius 3 is 2.75 bits per heavy atom. The summed E-state index contributed by atoms with van der Waals surface area (Å²) in [7, 11) is 1.63. The van der Waals surface area contributed by atoms with Gasteiger partial charge in [0.05, 0.1) is 24.9 Å². The van der Waals surface area contributed by atoms with E-state index in [1.54, 1.807) is 7.11 Å². The molecule has 1 N–H and O–H groups in total. The SMILES string of the molecule is COc1cc2c(cc1-c1nc3c([nH]1)c(C)nn3Cc1cccc(C)c1)OCO2. The second kappa shape index (κ2) is 6.30. The molecule has 7 nitrogen and oxygen atoms in total. The van der Waals surface area contributed by atoms with E-state index >= 15 is 0 Å². The van der Waals surface area contributed by atoms with Crippen molar-refractivity contribution < 1.29 is 14.2 Å². The van der Waals surface area contributed by atoms with E-state index in [0.717, 1.165) is 22.4 Å². The second-order valence-electron chi connectivity index (χ2n) is 6.92. The molecule has 1 aliphatic heterocycles. The monoisotopic (exact) mass is 376 g/mol. The first kappa shape index (κ1) is 16.7. The number of nitrogens with zero attached hydrogens (tertiary/aromatic N) is 3. The summed E-state index contributed by atoms with van der Waals surface area (Å²) in [5, 5.41) is 4.66. The van der Waals surface area contributed by atoms with Crippen LogP contribution in [0.2, 0.25) is 0 Å². The number of hydrogen-bond donors (Lipinski definition) is 1. The molecule has 0 saturated heterocycles. The summed E-state index contributed by atoms with van der Waals surface area (Å²) in [6.45, 7) is 4.95. The average molecular weight is 376 g/mol. The summed E-state index contributed by atoms with van der Waals surface area (Å²) in [5.74, 6) is 2.76. The lowest BCUT2D eigenvalue weighted by Gasteiger charge is -2.08. The van der Waals surface area contributed by atoms with Crippen LogP contribution in [0.25, 0.3) is 22.6 Å². The Balaban J connectivity index is 1.59. The van der Waals surface area contributed by atoms with Crippen LogP contribution in [0.1, 0.15) is 16.8 Å². The highest BCUT2D eigenvalue weighted by Crippen LogP contribution is 2.42. The van der Waals surface area contributed by atoms with Gasteiger partial charge in [-0.1, -0.05) is 29.8 Å². The number of imidazole rings is 1. The van der Waals surface area contributed by atoms with Crippen LogP contribution in [0.4, 0.5) is 0 Å². The molecule has 5 rings (SSSR count). The Labute approximate surface area is 161 Å². The number of aromatic nitrogens is 4. The largest absolute Gasteiger partial charge is 0.496 e. The zero-order chi connectivity index (χ0) is 19.3. The molecule has 0 atom stereocenters. The fourth-order valence-corrected chi connectivity index (χ4v) is 3.58. The number of ether oxygens (including phenoxy) is 3. The minimum Gasteiger partial charge on any atom is -0.496 e. The van der Waals surface area contributed by atoms with Crippen molar-refractivity contribution in [1.82, 2.24) is 19.7 Å². The van der Waals surface area contributed by atoms with Gasteiger partial charge in [0.25, 0.3) is 0 Å². The molecule has 142 valence electrons. The third-order valence-electron chi connectivity index (χ3n) is 4.93. The van der Waals surface area contributed by atoms with Gasteiger partial charge in [-0.25, -0.2) is 9.67 Å². The number of fused-ring (bicyclic) bond motifs is 2. The highest BCUT2D eigenvalue weighted by molar-refractivity contribution is 5.81. The number of aryl methyl sites for hydroxylation is 2. The van der Waals surface area contributed by atoms with Gasteiger partial charge in [0, 0.05) is 6.07 Å². The van der Waals surface area contributed by atoms with Gasteiger partial charge in [0.1, 0.15) is 17.1 Å². The number of rotatable bonds is 4. The van der Waals surface area contributed by atoms with Crippen molar-refractivity contribution in [3.05, 3.63) is 53.2 Å². The molecule has 2 aromatic heterocycles. The molecule has 0 fully saturated rings. The van der Waals surface area contributed by atoms with Crippen LogP contribution in [0, 0.1) is 13.8 Å². The maximum Gasteiger partial charge on any atom is 0.231 e. The number of nitrogens with one attached hydrogen (secondary N) is 1. The maximum absolute atomic E-state index is 5.55. The van der Waals surface area contributed by atoms with Crippen molar-refractivity contribution in [2.24, 2.45) is 0 Å². The highest BCUT2D eigenvalue weighted by Gasteiger charge is 2.22. The zero-order valence-electron chi connectivity index (χ0n) is 15.9. The molecule has 0 bridgehead atoms. The smallest absolute Gasteiger partial charge is 0.231 e. The maximum atomic E-state index is 5.55. The molecule has 7 heteroatoms. The van der Waals surface area contributed by atoms with Crippen molar-refractivity contribution in [2.75, 3.05) is 13.9 Å². The Morgan fingerprint density at radius 2 is 1.96 bits per heavy atom. The molecule has 0 amide bonds. The molecule has 0 radical (unpaired) electrons. The summed E-state index contributed by atoms with van der Waals surface area (Å²) in [4.78, 5) is 8.22. The van der Waals surface area contributed by atoms with E-state index in [-0.39, 0.29) is 6.79 Å². The molecule has 2 aromatic carbocycles. The van der Waals surface area contributed by atoms with Gasteiger partial charge in [-0.15, -0.1) is 0 Å². The lowest BCUT2D eigenvalue weighted by Crippen LogP contribution is -2.03. The minimum atomic E-state index is 0.215. The lowest BCUT2D eigenvalue weighted by atomic mass is 10.1. The first-order chi connectivity index (χ1) is 13.6. The molecule has 0 spiro atoms. The quantitative estimate of drug-likeness (QED) is 0.586. The number of methoxy groups -OCH3 is 1. The molecule has 0 unspecified atom stereocenters. The molecular weight excluding hydrogens is 356 g/mol. The zero-order valence-corrected chi connectivity index (χ0v) is 15.9. The second-order valence-corrected chi connectivity index (χ2v) is 6.92. The molecule has 28 heavy (non-hydrogen) atoms. The topological polar surface area (TPSA) is 74.2 Å². The van der Waals surface area contributed by atoms with Gasteiger partial charge >= 0.3 is 0 Å². The average Bonchev–Trinajstić information content (AvgIpc) is 3.38. The van der Waals surface area contributed by atoms with Crippen LogP contribution in [-0.2, 0) is 6.54 Å². The Bertz CT molecular complexity index is 1190. The van der Waals surface area contributed by atoms with Crippen molar-refractivity contribution in [1.29, 1.82) is 0 Å². The van der Waals surface area contributed by atoms with E-state index in [0.29, 0.717) is 29.6 Å². The first-order valence-corrected chi connectivity index (χ1v) is 9.09. The van der Waals surface area contributed by atoms with Crippen molar-refractivity contribution in [3.8, 4) is 28.6 Å². The summed E-state index contributed by atoms with van der Waals surface area (Å²) in [5.41, 5.74) is 5.88. The standard InChI is InChI=1S/C21H20N4O3/c1-12-5-4-6-14(7-12)10-25-21-19(13(2)24-25)22-20(23-21)15-8-17-18(28-11-27-17)9-16(15)26-3/h4-9H,10-11H2,1-3H3,(H,22,23). The summed E-state index contributed by atoms with van der Waals surface area (Å²) < 4.78 is 18.4. The predicted octanol–water partition coefficient (Wildman–Crippen LogP) is 3.83. The van der Waals surface area contributed by atoms with E-state index in [2.05, 4.69) is 41.3 Å². The molecule has 0 saturated carbocycles. The van der Waals surface area contributed by atoms with Crippen LogP contribution in [0.3, 0.4) is 0 Å². The van der Waals surface area contributed by atoms with Crippen LogP contribution in [0.5, 0.6) is 17.2 Å². The lowest BCUT2D eigenvalue weighted by molar-refractivity contribution is 0.174. The van der Waals surface area contributed by atoms with E-state index in [1.165, 1.54) is 11.1 Å². The Hall–Kier alpha value is -3.48.